The second-order valence-electron chi connectivity index (χ2n) is 6.45. The van der Waals surface area contributed by atoms with Gasteiger partial charge in [0.05, 0.1) is 18.8 Å². The molecule has 116 valence electrons. The number of carbonyl (C=O) groups is 1. The Morgan fingerprint density at radius 1 is 1.25 bits per heavy atom. The molecule has 0 bridgehead atoms. The molecule has 1 aliphatic heterocycles. The van der Waals surface area contributed by atoms with Gasteiger partial charge < -0.3 is 14.7 Å². The van der Waals surface area contributed by atoms with Crippen LogP contribution in [0.4, 0.5) is 0 Å². The number of nitrogens with zero attached hydrogens (tertiary/aromatic N) is 1. The molecule has 20 heavy (non-hydrogen) atoms. The number of amides is 1. The van der Waals surface area contributed by atoms with E-state index < -0.39 is 0 Å². The van der Waals surface area contributed by atoms with E-state index in [-0.39, 0.29) is 24.7 Å². The zero-order valence-electron chi connectivity index (χ0n) is 12.7. The Balaban J connectivity index is 1.68. The van der Waals surface area contributed by atoms with Gasteiger partial charge in [-0.2, -0.15) is 0 Å². The molecule has 1 heterocycles. The molecule has 4 nitrogen and oxygen atoms in total. The van der Waals surface area contributed by atoms with Gasteiger partial charge in [0.15, 0.2) is 0 Å². The standard InChI is InChI=1S/C16H29NO3/c1-13-10-17(11-15(12-18)20-13)16(19)9-5-8-14-6-3-2-4-7-14/h13-15,18H,2-12H2,1H3. The molecule has 2 unspecified atom stereocenters. The van der Waals surface area contributed by atoms with Crippen molar-refractivity contribution in [3.8, 4) is 0 Å². The second kappa shape index (κ2) is 7.99. The van der Waals surface area contributed by atoms with Crippen LogP contribution in [0.3, 0.4) is 0 Å². The number of rotatable bonds is 5. The Morgan fingerprint density at radius 2 is 2.00 bits per heavy atom. The third-order valence-corrected chi connectivity index (χ3v) is 4.61. The van der Waals surface area contributed by atoms with E-state index in [0.717, 1.165) is 12.3 Å². The lowest BCUT2D eigenvalue weighted by molar-refractivity contribution is -0.147. The fraction of sp³-hybridized carbons (Fsp3) is 0.938. The predicted molar refractivity (Wildman–Crippen MR) is 78.4 cm³/mol. The van der Waals surface area contributed by atoms with Crippen LogP contribution in [-0.2, 0) is 9.53 Å². The summed E-state index contributed by atoms with van der Waals surface area (Å²) in [4.78, 5) is 14.1. The van der Waals surface area contributed by atoms with Gasteiger partial charge in [-0.15, -0.1) is 0 Å². The number of aliphatic hydroxyl groups is 1. The highest BCUT2D eigenvalue weighted by molar-refractivity contribution is 5.76. The number of hydrogen-bond donors (Lipinski definition) is 1. The number of aliphatic hydroxyl groups excluding tert-OH is 1. The van der Waals surface area contributed by atoms with E-state index in [1.807, 2.05) is 11.8 Å². The maximum Gasteiger partial charge on any atom is 0.222 e. The van der Waals surface area contributed by atoms with E-state index in [9.17, 15) is 9.90 Å². The van der Waals surface area contributed by atoms with E-state index in [2.05, 4.69) is 0 Å². The average molecular weight is 283 g/mol. The first-order chi connectivity index (χ1) is 9.69. The van der Waals surface area contributed by atoms with Crippen LogP contribution in [0.5, 0.6) is 0 Å². The molecule has 0 aromatic carbocycles. The minimum absolute atomic E-state index is 0.00378. The maximum absolute atomic E-state index is 12.2. The molecular weight excluding hydrogens is 254 g/mol. The third-order valence-electron chi connectivity index (χ3n) is 4.61. The molecule has 2 aliphatic rings. The smallest absolute Gasteiger partial charge is 0.222 e. The zero-order valence-corrected chi connectivity index (χ0v) is 12.7. The summed E-state index contributed by atoms with van der Waals surface area (Å²) in [6, 6.07) is 0. The lowest BCUT2D eigenvalue weighted by atomic mass is 9.86. The normalized spacial score (nSPS) is 28.6. The Hall–Kier alpha value is -0.610. The van der Waals surface area contributed by atoms with E-state index in [1.165, 1.54) is 38.5 Å². The van der Waals surface area contributed by atoms with Gasteiger partial charge >= 0.3 is 0 Å². The van der Waals surface area contributed by atoms with Crippen LogP contribution in [0, 0.1) is 5.92 Å². The molecule has 2 atom stereocenters. The Morgan fingerprint density at radius 3 is 2.70 bits per heavy atom. The van der Waals surface area contributed by atoms with Crippen LogP contribution in [-0.4, -0.2) is 47.8 Å². The SMILES string of the molecule is CC1CN(C(=O)CCCC2CCCCC2)CC(CO)O1. The molecule has 4 heteroatoms. The molecule has 1 aliphatic carbocycles. The van der Waals surface area contributed by atoms with Crippen molar-refractivity contribution in [3.63, 3.8) is 0 Å². The maximum atomic E-state index is 12.2. The van der Waals surface area contributed by atoms with E-state index in [0.29, 0.717) is 19.5 Å². The van der Waals surface area contributed by atoms with Crippen molar-refractivity contribution in [1.29, 1.82) is 0 Å². The van der Waals surface area contributed by atoms with Crippen LogP contribution in [0.2, 0.25) is 0 Å². The van der Waals surface area contributed by atoms with Crippen molar-refractivity contribution < 1.29 is 14.6 Å². The predicted octanol–water partition coefficient (Wildman–Crippen LogP) is 2.35. The molecule has 0 aromatic heterocycles. The van der Waals surface area contributed by atoms with Crippen LogP contribution in [0.25, 0.3) is 0 Å². The molecule has 1 amide bonds. The summed E-state index contributed by atoms with van der Waals surface area (Å²) < 4.78 is 5.57. The third kappa shape index (κ3) is 4.74. The monoisotopic (exact) mass is 283 g/mol. The summed E-state index contributed by atoms with van der Waals surface area (Å²) in [6.07, 6.45) is 9.54. The highest BCUT2D eigenvalue weighted by atomic mass is 16.5. The summed E-state index contributed by atoms with van der Waals surface area (Å²) in [5.41, 5.74) is 0. The molecule has 0 aromatic rings. The van der Waals surface area contributed by atoms with Crippen LogP contribution >= 0.6 is 0 Å². The van der Waals surface area contributed by atoms with E-state index in [1.54, 1.807) is 0 Å². The van der Waals surface area contributed by atoms with Gasteiger partial charge in [-0.1, -0.05) is 32.1 Å². The zero-order chi connectivity index (χ0) is 14.4. The minimum Gasteiger partial charge on any atom is -0.394 e. The first-order valence-corrected chi connectivity index (χ1v) is 8.23. The van der Waals surface area contributed by atoms with Gasteiger partial charge in [0, 0.05) is 19.5 Å². The largest absolute Gasteiger partial charge is 0.394 e. The lowest BCUT2D eigenvalue weighted by Gasteiger charge is -2.36. The molecule has 1 saturated heterocycles. The van der Waals surface area contributed by atoms with Crippen LogP contribution in [0.1, 0.15) is 58.3 Å². The lowest BCUT2D eigenvalue weighted by Crippen LogP contribution is -2.50. The fourth-order valence-electron chi connectivity index (χ4n) is 3.53. The quantitative estimate of drug-likeness (QED) is 0.842. The fourth-order valence-corrected chi connectivity index (χ4v) is 3.53. The van der Waals surface area contributed by atoms with Gasteiger partial charge in [0.2, 0.25) is 5.91 Å². The molecule has 2 rings (SSSR count). The van der Waals surface area contributed by atoms with Gasteiger partial charge in [-0.3, -0.25) is 4.79 Å². The van der Waals surface area contributed by atoms with E-state index >= 15 is 0 Å². The molecule has 2 fully saturated rings. The summed E-state index contributed by atoms with van der Waals surface area (Å²) in [5, 5.41) is 9.19. The number of carbonyl (C=O) groups excluding carboxylic acids is 1. The molecule has 0 radical (unpaired) electrons. The molecule has 0 spiro atoms. The first-order valence-electron chi connectivity index (χ1n) is 8.23. The summed E-state index contributed by atoms with van der Waals surface area (Å²) >= 11 is 0. The summed E-state index contributed by atoms with van der Waals surface area (Å²) in [6.45, 7) is 3.17. The molecular formula is C16H29NO3. The van der Waals surface area contributed by atoms with Crippen LogP contribution < -0.4 is 0 Å². The molecule has 1 N–H and O–H groups in total. The Bertz CT molecular complexity index is 302. The Kier molecular flexibility index (Phi) is 6.30. The van der Waals surface area contributed by atoms with Crippen molar-refractivity contribution in [2.45, 2.75) is 70.5 Å². The van der Waals surface area contributed by atoms with Crippen molar-refractivity contribution in [2.24, 2.45) is 5.92 Å². The van der Waals surface area contributed by atoms with E-state index in [4.69, 9.17) is 4.74 Å². The van der Waals surface area contributed by atoms with Crippen molar-refractivity contribution in [3.05, 3.63) is 0 Å². The second-order valence-corrected chi connectivity index (χ2v) is 6.45. The van der Waals surface area contributed by atoms with Gasteiger partial charge in [0.25, 0.3) is 0 Å². The number of ether oxygens (including phenoxy) is 1. The van der Waals surface area contributed by atoms with Gasteiger partial charge in [-0.25, -0.2) is 0 Å². The van der Waals surface area contributed by atoms with Gasteiger partial charge in [0.1, 0.15) is 0 Å². The topological polar surface area (TPSA) is 49.8 Å². The van der Waals surface area contributed by atoms with Crippen LogP contribution in [0.15, 0.2) is 0 Å². The van der Waals surface area contributed by atoms with Crippen molar-refractivity contribution in [1.82, 2.24) is 4.90 Å². The Labute approximate surface area is 122 Å². The number of hydrogen-bond acceptors (Lipinski definition) is 3. The summed E-state index contributed by atoms with van der Waals surface area (Å²) in [5.74, 6) is 1.08. The summed E-state index contributed by atoms with van der Waals surface area (Å²) in [7, 11) is 0. The van der Waals surface area contributed by atoms with Crippen molar-refractivity contribution >= 4 is 5.91 Å². The van der Waals surface area contributed by atoms with Crippen molar-refractivity contribution in [2.75, 3.05) is 19.7 Å². The minimum atomic E-state index is -0.207. The number of morpholine rings is 1. The first kappa shape index (κ1) is 15.8. The highest BCUT2D eigenvalue weighted by Gasteiger charge is 2.27. The average Bonchev–Trinajstić information content (AvgIpc) is 2.47. The molecule has 1 saturated carbocycles. The highest BCUT2D eigenvalue weighted by Crippen LogP contribution is 2.27. The van der Waals surface area contributed by atoms with Gasteiger partial charge in [-0.05, 0) is 25.7 Å².